The summed E-state index contributed by atoms with van der Waals surface area (Å²) >= 11 is 1.72. The van der Waals surface area contributed by atoms with Gasteiger partial charge in [0.2, 0.25) is 5.91 Å². The summed E-state index contributed by atoms with van der Waals surface area (Å²) in [6.45, 7) is 2.52. The Hall–Kier alpha value is -0.910. The Morgan fingerprint density at radius 3 is 3.28 bits per heavy atom. The van der Waals surface area contributed by atoms with Gasteiger partial charge in [-0.2, -0.15) is 11.3 Å². The Labute approximate surface area is 111 Å². The van der Waals surface area contributed by atoms with E-state index in [1.807, 2.05) is 0 Å². The number of rotatable bonds is 3. The first kappa shape index (κ1) is 12.1. The summed E-state index contributed by atoms with van der Waals surface area (Å²) < 4.78 is 5.76. The van der Waals surface area contributed by atoms with Crippen molar-refractivity contribution in [3.05, 3.63) is 22.4 Å². The SMILES string of the molecule is CNC(=O)[C@H]1CN(Cc2ccsc2)[C@@H]2CCO[C@H]12. The Balaban J connectivity index is 1.74. The monoisotopic (exact) mass is 266 g/mol. The summed E-state index contributed by atoms with van der Waals surface area (Å²) in [6, 6.07) is 2.56. The molecule has 0 spiro atoms. The van der Waals surface area contributed by atoms with Gasteiger partial charge in [0.25, 0.3) is 0 Å². The van der Waals surface area contributed by atoms with Crippen molar-refractivity contribution in [2.24, 2.45) is 5.92 Å². The van der Waals surface area contributed by atoms with Gasteiger partial charge >= 0.3 is 0 Å². The first-order valence-electron chi connectivity index (χ1n) is 6.38. The molecular weight excluding hydrogens is 248 g/mol. The summed E-state index contributed by atoms with van der Waals surface area (Å²) in [5, 5.41) is 7.04. The van der Waals surface area contributed by atoms with Crippen LogP contribution in [0.1, 0.15) is 12.0 Å². The maximum absolute atomic E-state index is 11.9. The number of nitrogens with one attached hydrogen (secondary N) is 1. The number of nitrogens with zero attached hydrogens (tertiary/aromatic N) is 1. The molecule has 98 valence electrons. The van der Waals surface area contributed by atoms with Crippen molar-refractivity contribution in [1.82, 2.24) is 10.2 Å². The smallest absolute Gasteiger partial charge is 0.226 e. The zero-order chi connectivity index (χ0) is 12.5. The highest BCUT2D eigenvalue weighted by Gasteiger charge is 2.48. The number of hydrogen-bond acceptors (Lipinski definition) is 4. The predicted molar refractivity (Wildman–Crippen MR) is 70.4 cm³/mol. The normalized spacial score (nSPS) is 31.5. The molecule has 0 saturated carbocycles. The highest BCUT2D eigenvalue weighted by Crippen LogP contribution is 2.34. The van der Waals surface area contributed by atoms with E-state index in [4.69, 9.17) is 4.74 Å². The van der Waals surface area contributed by atoms with Crippen molar-refractivity contribution >= 4 is 17.2 Å². The fraction of sp³-hybridized carbons (Fsp3) is 0.615. The van der Waals surface area contributed by atoms with Gasteiger partial charge in [0, 0.05) is 32.8 Å². The van der Waals surface area contributed by atoms with Crippen LogP contribution in [-0.4, -0.2) is 43.2 Å². The van der Waals surface area contributed by atoms with E-state index >= 15 is 0 Å². The molecule has 2 aliphatic heterocycles. The Morgan fingerprint density at radius 2 is 2.56 bits per heavy atom. The number of hydrogen-bond donors (Lipinski definition) is 1. The van der Waals surface area contributed by atoms with Crippen LogP contribution < -0.4 is 5.32 Å². The van der Waals surface area contributed by atoms with Gasteiger partial charge in [-0.05, 0) is 28.8 Å². The predicted octanol–water partition coefficient (Wildman–Crippen LogP) is 1.08. The lowest BCUT2D eigenvalue weighted by molar-refractivity contribution is -0.127. The summed E-state index contributed by atoms with van der Waals surface area (Å²) in [5.74, 6) is 0.0980. The third-order valence-corrected chi connectivity index (χ3v) is 4.68. The lowest BCUT2D eigenvalue weighted by Crippen LogP contribution is -2.36. The number of thiophene rings is 1. The zero-order valence-electron chi connectivity index (χ0n) is 10.5. The summed E-state index contributed by atoms with van der Waals surface area (Å²) in [4.78, 5) is 14.3. The number of carbonyl (C=O) groups is 1. The van der Waals surface area contributed by atoms with Crippen LogP contribution in [0, 0.1) is 5.92 Å². The molecule has 2 saturated heterocycles. The standard InChI is InChI=1S/C13H18N2O2S/c1-14-13(16)10-7-15(6-9-3-5-18-8-9)11-2-4-17-12(10)11/h3,5,8,10-12H,2,4,6-7H2,1H3,(H,14,16)/t10-,11+,12+/m0/s1. The summed E-state index contributed by atoms with van der Waals surface area (Å²) in [5.41, 5.74) is 1.34. The molecule has 5 heteroatoms. The molecule has 0 unspecified atom stereocenters. The first-order valence-corrected chi connectivity index (χ1v) is 7.32. The zero-order valence-corrected chi connectivity index (χ0v) is 11.3. The van der Waals surface area contributed by atoms with E-state index in [0.717, 1.165) is 26.1 Å². The maximum Gasteiger partial charge on any atom is 0.226 e. The van der Waals surface area contributed by atoms with Gasteiger partial charge in [0.05, 0.1) is 12.0 Å². The van der Waals surface area contributed by atoms with Gasteiger partial charge in [-0.3, -0.25) is 9.69 Å². The number of ether oxygens (including phenoxy) is 1. The second-order valence-corrected chi connectivity index (χ2v) is 5.75. The molecule has 1 amide bonds. The van der Waals surface area contributed by atoms with Crippen molar-refractivity contribution < 1.29 is 9.53 Å². The minimum atomic E-state index is -0.0128. The van der Waals surface area contributed by atoms with Gasteiger partial charge in [0.1, 0.15) is 0 Å². The van der Waals surface area contributed by atoms with E-state index in [1.165, 1.54) is 5.56 Å². The van der Waals surface area contributed by atoms with Crippen molar-refractivity contribution in [3.63, 3.8) is 0 Å². The third kappa shape index (κ3) is 2.06. The van der Waals surface area contributed by atoms with Crippen molar-refractivity contribution in [2.75, 3.05) is 20.2 Å². The van der Waals surface area contributed by atoms with Crippen molar-refractivity contribution in [2.45, 2.75) is 25.1 Å². The van der Waals surface area contributed by atoms with Crippen LogP contribution in [-0.2, 0) is 16.1 Å². The van der Waals surface area contributed by atoms with Crippen LogP contribution >= 0.6 is 11.3 Å². The van der Waals surface area contributed by atoms with Crippen LogP contribution in [0.4, 0.5) is 0 Å². The molecule has 1 aromatic rings. The minimum absolute atomic E-state index is 0.0128. The van der Waals surface area contributed by atoms with Gasteiger partial charge in [0.15, 0.2) is 0 Å². The molecule has 0 radical (unpaired) electrons. The van der Waals surface area contributed by atoms with E-state index in [1.54, 1.807) is 18.4 Å². The van der Waals surface area contributed by atoms with E-state index in [9.17, 15) is 4.79 Å². The quantitative estimate of drug-likeness (QED) is 0.890. The van der Waals surface area contributed by atoms with Gasteiger partial charge in [-0.15, -0.1) is 0 Å². The van der Waals surface area contributed by atoms with Crippen molar-refractivity contribution in [3.8, 4) is 0 Å². The van der Waals surface area contributed by atoms with E-state index in [0.29, 0.717) is 6.04 Å². The minimum Gasteiger partial charge on any atom is -0.376 e. The average molecular weight is 266 g/mol. The van der Waals surface area contributed by atoms with E-state index < -0.39 is 0 Å². The lowest BCUT2D eigenvalue weighted by Gasteiger charge is -2.21. The topological polar surface area (TPSA) is 41.6 Å². The molecule has 2 fully saturated rings. The van der Waals surface area contributed by atoms with Gasteiger partial charge < -0.3 is 10.1 Å². The molecule has 3 heterocycles. The highest BCUT2D eigenvalue weighted by atomic mass is 32.1. The third-order valence-electron chi connectivity index (χ3n) is 3.95. The van der Waals surface area contributed by atoms with Crippen LogP contribution in [0.2, 0.25) is 0 Å². The number of fused-ring (bicyclic) bond motifs is 1. The summed E-state index contributed by atoms with van der Waals surface area (Å²) in [6.07, 6.45) is 1.13. The van der Waals surface area contributed by atoms with Crippen LogP contribution in [0.15, 0.2) is 16.8 Å². The molecule has 3 atom stereocenters. The van der Waals surface area contributed by atoms with Crippen LogP contribution in [0.5, 0.6) is 0 Å². The molecule has 18 heavy (non-hydrogen) atoms. The molecule has 0 aliphatic carbocycles. The van der Waals surface area contributed by atoms with E-state index in [2.05, 4.69) is 27.0 Å². The Morgan fingerprint density at radius 1 is 1.67 bits per heavy atom. The van der Waals surface area contributed by atoms with Crippen LogP contribution in [0.25, 0.3) is 0 Å². The Kier molecular flexibility index (Phi) is 3.37. The maximum atomic E-state index is 11.9. The fourth-order valence-corrected chi connectivity index (χ4v) is 3.74. The number of likely N-dealkylation sites (tertiary alicyclic amines) is 1. The lowest BCUT2D eigenvalue weighted by atomic mass is 10.0. The molecule has 1 aromatic heterocycles. The molecule has 3 rings (SSSR count). The summed E-state index contributed by atoms with van der Waals surface area (Å²) in [7, 11) is 1.70. The van der Waals surface area contributed by atoms with Gasteiger partial charge in [-0.25, -0.2) is 0 Å². The Bertz CT molecular complexity index is 421. The molecule has 2 aliphatic rings. The highest BCUT2D eigenvalue weighted by molar-refractivity contribution is 7.07. The van der Waals surface area contributed by atoms with Crippen molar-refractivity contribution in [1.29, 1.82) is 0 Å². The van der Waals surface area contributed by atoms with E-state index in [-0.39, 0.29) is 17.9 Å². The molecule has 1 N–H and O–H groups in total. The van der Waals surface area contributed by atoms with Gasteiger partial charge in [-0.1, -0.05) is 0 Å². The molecular formula is C13H18N2O2S. The second kappa shape index (κ2) is 4.99. The number of amides is 1. The van der Waals surface area contributed by atoms with Crippen LogP contribution in [0.3, 0.4) is 0 Å². The average Bonchev–Trinajstić information content (AvgIpc) is 3.07. The fourth-order valence-electron chi connectivity index (χ4n) is 3.08. The molecule has 4 nitrogen and oxygen atoms in total. The molecule has 0 aromatic carbocycles. The first-order chi connectivity index (χ1) is 8.79. The largest absolute Gasteiger partial charge is 0.376 e. The molecule has 0 bridgehead atoms. The number of carbonyl (C=O) groups excluding carboxylic acids is 1. The second-order valence-electron chi connectivity index (χ2n) is 4.97.